The highest BCUT2D eigenvalue weighted by Crippen LogP contribution is 2.27. The molecule has 2 aromatic rings. The summed E-state index contributed by atoms with van der Waals surface area (Å²) in [5.41, 5.74) is 7.25. The second-order valence-electron chi connectivity index (χ2n) is 3.93. The van der Waals surface area contributed by atoms with E-state index >= 15 is 0 Å². The molecule has 0 radical (unpaired) electrons. The predicted octanol–water partition coefficient (Wildman–Crippen LogP) is 2.67. The number of rotatable bonds is 6. The van der Waals surface area contributed by atoms with Crippen LogP contribution in [0.25, 0.3) is 0 Å². The van der Waals surface area contributed by atoms with E-state index < -0.39 is 0 Å². The van der Waals surface area contributed by atoms with Gasteiger partial charge in [-0.1, -0.05) is 18.2 Å². The van der Waals surface area contributed by atoms with Crippen LogP contribution >= 0.6 is 11.8 Å². The van der Waals surface area contributed by atoms with E-state index in [9.17, 15) is 0 Å². The Bertz CT molecular complexity index is 507. The second kappa shape index (κ2) is 7.11. The Morgan fingerprint density at radius 2 is 2.16 bits per heavy atom. The Labute approximate surface area is 117 Å². The molecule has 1 atom stereocenters. The van der Waals surface area contributed by atoms with Gasteiger partial charge in [0.25, 0.3) is 0 Å². The summed E-state index contributed by atoms with van der Waals surface area (Å²) < 4.78 is 5.59. The quantitative estimate of drug-likeness (QED) is 0.821. The van der Waals surface area contributed by atoms with E-state index in [0.29, 0.717) is 6.61 Å². The molecule has 2 rings (SSSR count). The third-order valence-electron chi connectivity index (χ3n) is 2.57. The molecule has 2 N–H and O–H groups in total. The topological polar surface area (TPSA) is 61.0 Å². The molecule has 1 heterocycles. The molecule has 0 aliphatic carbocycles. The summed E-state index contributed by atoms with van der Waals surface area (Å²) in [6, 6.07) is 7.80. The van der Waals surface area contributed by atoms with E-state index in [-0.39, 0.29) is 6.04 Å². The number of benzene rings is 1. The van der Waals surface area contributed by atoms with Crippen molar-refractivity contribution >= 4 is 11.8 Å². The van der Waals surface area contributed by atoms with Gasteiger partial charge in [-0.05, 0) is 13.0 Å². The van der Waals surface area contributed by atoms with Crippen molar-refractivity contribution in [3.05, 3.63) is 48.4 Å². The first-order valence-corrected chi connectivity index (χ1v) is 7.16. The molecule has 0 aliphatic rings. The van der Waals surface area contributed by atoms with Crippen molar-refractivity contribution in [1.29, 1.82) is 0 Å². The van der Waals surface area contributed by atoms with Crippen LogP contribution in [0.3, 0.4) is 0 Å². The Morgan fingerprint density at radius 3 is 2.89 bits per heavy atom. The predicted molar refractivity (Wildman–Crippen MR) is 77.3 cm³/mol. The number of ether oxygens (including phenoxy) is 1. The van der Waals surface area contributed by atoms with Crippen LogP contribution in [0.2, 0.25) is 0 Å². The summed E-state index contributed by atoms with van der Waals surface area (Å²) in [5.74, 6) is 1.60. The molecule has 1 aromatic carbocycles. The van der Waals surface area contributed by atoms with Crippen molar-refractivity contribution in [3.8, 4) is 5.75 Å². The number of hydrogen-bond acceptors (Lipinski definition) is 5. The third kappa shape index (κ3) is 3.94. The molecule has 5 heteroatoms. The van der Waals surface area contributed by atoms with Crippen LogP contribution in [0.4, 0.5) is 0 Å². The largest absolute Gasteiger partial charge is 0.494 e. The van der Waals surface area contributed by atoms with Crippen LogP contribution in [0.5, 0.6) is 5.75 Å². The highest BCUT2D eigenvalue weighted by Gasteiger charge is 2.12. The van der Waals surface area contributed by atoms with Crippen LogP contribution < -0.4 is 10.5 Å². The van der Waals surface area contributed by atoms with Gasteiger partial charge < -0.3 is 10.5 Å². The van der Waals surface area contributed by atoms with Crippen molar-refractivity contribution in [2.24, 2.45) is 5.73 Å². The normalized spacial score (nSPS) is 12.1. The molecule has 1 unspecified atom stereocenters. The maximum atomic E-state index is 6.22. The average Bonchev–Trinajstić information content (AvgIpc) is 2.47. The van der Waals surface area contributed by atoms with Gasteiger partial charge in [-0.15, -0.1) is 11.8 Å². The molecule has 1 aromatic heterocycles. The van der Waals surface area contributed by atoms with Gasteiger partial charge >= 0.3 is 0 Å². The molecule has 0 amide bonds. The number of para-hydroxylation sites is 1. The second-order valence-corrected chi connectivity index (χ2v) is 4.97. The van der Waals surface area contributed by atoms with Crippen LogP contribution in [0, 0.1) is 0 Å². The SMILES string of the molecule is CCOc1ccccc1C(N)CSc1cnccn1. The number of hydrogen-bond donors (Lipinski definition) is 1. The molecular formula is C14H17N3OS. The first kappa shape index (κ1) is 13.8. The van der Waals surface area contributed by atoms with Gasteiger partial charge in [-0.3, -0.25) is 4.98 Å². The standard InChI is InChI=1S/C14H17N3OS/c1-2-18-13-6-4-3-5-11(13)12(15)10-19-14-9-16-7-8-17-14/h3-9,12H,2,10,15H2,1H3. The van der Waals surface area contributed by atoms with Gasteiger partial charge in [-0.2, -0.15) is 0 Å². The monoisotopic (exact) mass is 275 g/mol. The zero-order valence-electron chi connectivity index (χ0n) is 10.8. The van der Waals surface area contributed by atoms with E-state index in [1.54, 1.807) is 30.4 Å². The van der Waals surface area contributed by atoms with Crippen molar-refractivity contribution in [2.45, 2.75) is 18.0 Å². The van der Waals surface area contributed by atoms with E-state index in [1.165, 1.54) is 0 Å². The molecule has 0 bridgehead atoms. The number of nitrogens with two attached hydrogens (primary N) is 1. The Kier molecular flexibility index (Phi) is 5.18. The molecule has 19 heavy (non-hydrogen) atoms. The minimum Gasteiger partial charge on any atom is -0.494 e. The van der Waals surface area contributed by atoms with Crippen molar-refractivity contribution in [2.75, 3.05) is 12.4 Å². The summed E-state index contributed by atoms with van der Waals surface area (Å²) >= 11 is 1.60. The lowest BCUT2D eigenvalue weighted by Gasteiger charge is -2.15. The lowest BCUT2D eigenvalue weighted by atomic mass is 10.1. The van der Waals surface area contributed by atoms with Crippen molar-refractivity contribution in [1.82, 2.24) is 9.97 Å². The van der Waals surface area contributed by atoms with Gasteiger partial charge in [0.05, 0.1) is 12.8 Å². The van der Waals surface area contributed by atoms with Gasteiger partial charge in [0, 0.05) is 29.8 Å². The first-order valence-electron chi connectivity index (χ1n) is 6.17. The molecule has 0 saturated carbocycles. The highest BCUT2D eigenvalue weighted by molar-refractivity contribution is 7.99. The van der Waals surface area contributed by atoms with Gasteiger partial charge in [0.2, 0.25) is 0 Å². The summed E-state index contributed by atoms with van der Waals surface area (Å²) in [6.07, 6.45) is 5.09. The fourth-order valence-electron chi connectivity index (χ4n) is 1.70. The van der Waals surface area contributed by atoms with E-state index in [4.69, 9.17) is 10.5 Å². The van der Waals surface area contributed by atoms with Gasteiger partial charge in [0.1, 0.15) is 10.8 Å². The van der Waals surface area contributed by atoms with Crippen LogP contribution in [0.15, 0.2) is 47.9 Å². The minimum absolute atomic E-state index is 0.0882. The zero-order chi connectivity index (χ0) is 13.5. The molecule has 4 nitrogen and oxygen atoms in total. The van der Waals surface area contributed by atoms with E-state index in [2.05, 4.69) is 9.97 Å². The molecular weight excluding hydrogens is 258 g/mol. The fraction of sp³-hybridized carbons (Fsp3) is 0.286. The number of aromatic nitrogens is 2. The summed E-state index contributed by atoms with van der Waals surface area (Å²) in [6.45, 7) is 2.61. The third-order valence-corrected chi connectivity index (χ3v) is 3.60. The molecule has 0 fully saturated rings. The average molecular weight is 275 g/mol. The van der Waals surface area contributed by atoms with Crippen molar-refractivity contribution in [3.63, 3.8) is 0 Å². The van der Waals surface area contributed by atoms with Crippen LogP contribution in [0.1, 0.15) is 18.5 Å². The first-order chi connectivity index (χ1) is 9.31. The Morgan fingerprint density at radius 1 is 1.32 bits per heavy atom. The number of nitrogens with zero attached hydrogens (tertiary/aromatic N) is 2. The highest BCUT2D eigenvalue weighted by atomic mass is 32.2. The summed E-state index contributed by atoms with van der Waals surface area (Å²) in [4.78, 5) is 8.25. The maximum absolute atomic E-state index is 6.22. The number of thioether (sulfide) groups is 1. The van der Waals surface area contributed by atoms with E-state index in [0.717, 1.165) is 22.1 Å². The molecule has 0 aliphatic heterocycles. The minimum atomic E-state index is -0.0882. The van der Waals surface area contributed by atoms with Gasteiger partial charge in [0.15, 0.2) is 0 Å². The maximum Gasteiger partial charge on any atom is 0.124 e. The van der Waals surface area contributed by atoms with E-state index in [1.807, 2.05) is 31.2 Å². The Balaban J connectivity index is 2.01. The fourth-order valence-corrected chi connectivity index (χ4v) is 2.50. The lowest BCUT2D eigenvalue weighted by molar-refractivity contribution is 0.335. The molecule has 100 valence electrons. The lowest BCUT2D eigenvalue weighted by Crippen LogP contribution is -2.14. The van der Waals surface area contributed by atoms with Crippen LogP contribution in [-0.2, 0) is 0 Å². The molecule has 0 spiro atoms. The van der Waals surface area contributed by atoms with Gasteiger partial charge in [-0.25, -0.2) is 4.98 Å². The van der Waals surface area contributed by atoms with Crippen LogP contribution in [-0.4, -0.2) is 22.3 Å². The molecule has 0 saturated heterocycles. The summed E-state index contributed by atoms with van der Waals surface area (Å²) in [7, 11) is 0. The van der Waals surface area contributed by atoms with Crippen molar-refractivity contribution < 1.29 is 4.74 Å². The zero-order valence-corrected chi connectivity index (χ0v) is 11.6. The smallest absolute Gasteiger partial charge is 0.124 e. The summed E-state index contributed by atoms with van der Waals surface area (Å²) in [5, 5.41) is 0.881. The Hall–Kier alpha value is -1.59.